The first kappa shape index (κ1) is 19.8. The minimum absolute atomic E-state index is 0.0434. The summed E-state index contributed by atoms with van der Waals surface area (Å²) < 4.78 is 46.3. The predicted octanol–water partition coefficient (Wildman–Crippen LogP) is 4.02. The maximum Gasteiger partial charge on any atom is 0.240 e. The number of nitrogens with zero attached hydrogens (tertiary/aromatic N) is 2. The van der Waals surface area contributed by atoms with E-state index < -0.39 is 15.8 Å². The molecule has 0 spiro atoms. The number of hydrogen-bond acceptors (Lipinski definition) is 5. The number of halogens is 2. The van der Waals surface area contributed by atoms with E-state index in [4.69, 9.17) is 21.6 Å². The van der Waals surface area contributed by atoms with Crippen LogP contribution in [0.5, 0.6) is 11.6 Å². The van der Waals surface area contributed by atoms with Crippen LogP contribution in [0.15, 0.2) is 65.7 Å². The van der Waals surface area contributed by atoms with Gasteiger partial charge in [-0.05, 0) is 36.4 Å². The first-order chi connectivity index (χ1) is 13.4. The van der Waals surface area contributed by atoms with Crippen molar-refractivity contribution < 1.29 is 17.5 Å². The van der Waals surface area contributed by atoms with Crippen molar-refractivity contribution in [2.75, 3.05) is 0 Å². The molecule has 0 amide bonds. The zero-order valence-electron chi connectivity index (χ0n) is 14.3. The average molecular weight is 418 g/mol. The van der Waals surface area contributed by atoms with Gasteiger partial charge in [-0.2, -0.15) is 5.26 Å². The zero-order valence-corrected chi connectivity index (χ0v) is 15.8. The quantitative estimate of drug-likeness (QED) is 0.654. The minimum Gasteiger partial charge on any atom is -0.439 e. The van der Waals surface area contributed by atoms with Gasteiger partial charge in [-0.15, -0.1) is 0 Å². The van der Waals surface area contributed by atoms with Crippen molar-refractivity contribution >= 4 is 21.6 Å². The summed E-state index contributed by atoms with van der Waals surface area (Å²) in [6.07, 6.45) is 1.48. The van der Waals surface area contributed by atoms with E-state index in [1.165, 1.54) is 42.6 Å². The third-order valence-corrected chi connectivity index (χ3v) is 5.40. The molecule has 0 saturated carbocycles. The second-order valence-electron chi connectivity index (χ2n) is 5.61. The molecule has 1 heterocycles. The molecular weight excluding hydrogens is 405 g/mol. The summed E-state index contributed by atoms with van der Waals surface area (Å²) in [5.74, 6) is -0.0799. The molecule has 0 aliphatic carbocycles. The fraction of sp³-hybridized carbons (Fsp3) is 0.0526. The summed E-state index contributed by atoms with van der Waals surface area (Å²) >= 11 is 5.91. The van der Waals surface area contributed by atoms with E-state index in [1.54, 1.807) is 18.2 Å². The Morgan fingerprint density at radius 3 is 2.71 bits per heavy atom. The van der Waals surface area contributed by atoms with Gasteiger partial charge >= 0.3 is 0 Å². The van der Waals surface area contributed by atoms with Crippen molar-refractivity contribution in [2.45, 2.75) is 11.4 Å². The Balaban J connectivity index is 1.79. The molecule has 0 aliphatic rings. The van der Waals surface area contributed by atoms with E-state index in [2.05, 4.69) is 9.71 Å². The highest BCUT2D eigenvalue weighted by molar-refractivity contribution is 7.89. The summed E-state index contributed by atoms with van der Waals surface area (Å²) in [4.78, 5) is 4.00. The van der Waals surface area contributed by atoms with Crippen molar-refractivity contribution in [3.8, 4) is 17.7 Å². The zero-order chi connectivity index (χ0) is 20.1. The van der Waals surface area contributed by atoms with Crippen molar-refractivity contribution in [3.05, 3.63) is 82.8 Å². The lowest BCUT2D eigenvalue weighted by atomic mass is 10.2. The predicted molar refractivity (Wildman–Crippen MR) is 101 cm³/mol. The monoisotopic (exact) mass is 417 g/mol. The van der Waals surface area contributed by atoms with Crippen LogP contribution in [0.2, 0.25) is 5.02 Å². The second-order valence-corrected chi connectivity index (χ2v) is 7.78. The lowest BCUT2D eigenvalue weighted by Gasteiger charge is -2.11. The first-order valence-electron chi connectivity index (χ1n) is 7.96. The van der Waals surface area contributed by atoms with E-state index in [1.807, 2.05) is 6.07 Å². The molecule has 0 fully saturated rings. The van der Waals surface area contributed by atoms with Gasteiger partial charge in [0.25, 0.3) is 0 Å². The first-order valence-corrected chi connectivity index (χ1v) is 9.82. The van der Waals surface area contributed by atoms with Crippen molar-refractivity contribution in [1.82, 2.24) is 9.71 Å². The van der Waals surface area contributed by atoms with Gasteiger partial charge in [0, 0.05) is 24.4 Å². The Morgan fingerprint density at radius 2 is 2.00 bits per heavy atom. The molecule has 0 aliphatic heterocycles. The number of nitrogens with one attached hydrogen (secondary N) is 1. The summed E-state index contributed by atoms with van der Waals surface area (Å²) in [6, 6.07) is 14.5. The number of sulfonamides is 1. The molecule has 0 bridgehead atoms. The van der Waals surface area contributed by atoms with Crippen molar-refractivity contribution in [1.29, 1.82) is 5.26 Å². The van der Waals surface area contributed by atoms with Gasteiger partial charge in [0.05, 0.1) is 15.5 Å². The Bertz CT molecular complexity index is 1160. The Kier molecular flexibility index (Phi) is 5.90. The van der Waals surface area contributed by atoms with Crippen LogP contribution in [0.4, 0.5) is 4.39 Å². The Labute approximate surface area is 166 Å². The van der Waals surface area contributed by atoms with E-state index in [0.717, 1.165) is 0 Å². The van der Waals surface area contributed by atoms with Crippen LogP contribution < -0.4 is 9.46 Å². The maximum absolute atomic E-state index is 13.3. The summed E-state index contributed by atoms with van der Waals surface area (Å²) in [5, 5.41) is 8.93. The molecule has 1 N–H and O–H groups in total. The van der Waals surface area contributed by atoms with Gasteiger partial charge in [0.2, 0.25) is 15.9 Å². The molecule has 142 valence electrons. The lowest BCUT2D eigenvalue weighted by molar-refractivity contribution is 0.451. The largest absolute Gasteiger partial charge is 0.439 e. The number of aromatic nitrogens is 1. The Morgan fingerprint density at radius 1 is 1.18 bits per heavy atom. The van der Waals surface area contributed by atoms with Gasteiger partial charge in [0.15, 0.2) is 0 Å². The van der Waals surface area contributed by atoms with Crippen LogP contribution in [-0.4, -0.2) is 13.4 Å². The number of hydrogen-bond donors (Lipinski definition) is 1. The number of ether oxygens (including phenoxy) is 1. The molecule has 3 aromatic rings. The summed E-state index contributed by atoms with van der Waals surface area (Å²) in [7, 11) is -3.89. The average Bonchev–Trinajstić information content (AvgIpc) is 2.67. The normalized spacial score (nSPS) is 11.0. The van der Waals surface area contributed by atoms with Crippen molar-refractivity contribution in [2.24, 2.45) is 0 Å². The van der Waals surface area contributed by atoms with Crippen LogP contribution >= 0.6 is 11.6 Å². The van der Waals surface area contributed by atoms with Crippen LogP contribution in [0.25, 0.3) is 0 Å². The number of benzene rings is 2. The van der Waals surface area contributed by atoms with E-state index in [9.17, 15) is 12.8 Å². The topological polar surface area (TPSA) is 92.1 Å². The van der Waals surface area contributed by atoms with Gasteiger partial charge in [-0.1, -0.05) is 23.7 Å². The Hall–Kier alpha value is -2.99. The number of pyridine rings is 1. The molecule has 9 heteroatoms. The van der Waals surface area contributed by atoms with E-state index in [0.29, 0.717) is 5.56 Å². The highest BCUT2D eigenvalue weighted by Gasteiger charge is 2.17. The second kappa shape index (κ2) is 8.35. The molecule has 6 nitrogen and oxygen atoms in total. The van der Waals surface area contributed by atoms with Crippen LogP contribution in [-0.2, 0) is 16.6 Å². The third-order valence-electron chi connectivity index (χ3n) is 3.68. The number of nitriles is 1. The smallest absolute Gasteiger partial charge is 0.240 e. The molecule has 0 radical (unpaired) electrons. The molecule has 0 unspecified atom stereocenters. The molecule has 0 atom stereocenters. The van der Waals surface area contributed by atoms with Crippen LogP contribution in [0.1, 0.15) is 11.1 Å². The van der Waals surface area contributed by atoms with Crippen LogP contribution in [0, 0.1) is 17.1 Å². The number of rotatable bonds is 6. The van der Waals surface area contributed by atoms with Crippen molar-refractivity contribution in [3.63, 3.8) is 0 Å². The molecule has 28 heavy (non-hydrogen) atoms. The van der Waals surface area contributed by atoms with Gasteiger partial charge in [-0.3, -0.25) is 0 Å². The molecule has 3 rings (SSSR count). The van der Waals surface area contributed by atoms with Crippen LogP contribution in [0.3, 0.4) is 0 Å². The standard InChI is InChI=1S/C19H13ClFN3O3S/c20-18-10-17(7-6-13(18)11-22)28(25,26)24-12-14-3-2-8-23-19(14)27-16-5-1-4-15(21)9-16/h1-10,24H,12H2. The highest BCUT2D eigenvalue weighted by Crippen LogP contribution is 2.24. The van der Waals surface area contributed by atoms with E-state index in [-0.39, 0.29) is 33.7 Å². The summed E-state index contributed by atoms with van der Waals surface area (Å²) in [5.41, 5.74) is 0.633. The lowest BCUT2D eigenvalue weighted by Crippen LogP contribution is -2.23. The molecule has 2 aromatic carbocycles. The van der Waals surface area contributed by atoms with Gasteiger partial charge in [0.1, 0.15) is 17.6 Å². The molecule has 0 saturated heterocycles. The highest BCUT2D eigenvalue weighted by atomic mass is 35.5. The third kappa shape index (κ3) is 4.64. The van der Waals surface area contributed by atoms with Gasteiger partial charge in [-0.25, -0.2) is 22.5 Å². The fourth-order valence-corrected chi connectivity index (χ4v) is 3.62. The minimum atomic E-state index is -3.89. The van der Waals surface area contributed by atoms with E-state index >= 15 is 0 Å². The molecule has 1 aromatic heterocycles. The fourth-order valence-electron chi connectivity index (χ4n) is 2.30. The molecular formula is C19H13ClFN3O3S. The SMILES string of the molecule is N#Cc1ccc(S(=O)(=O)NCc2cccnc2Oc2cccc(F)c2)cc1Cl. The van der Waals surface area contributed by atoms with Gasteiger partial charge < -0.3 is 4.74 Å². The maximum atomic E-state index is 13.3. The summed E-state index contributed by atoms with van der Waals surface area (Å²) in [6.45, 7) is -0.113.